The number of hydrogen-bond acceptors (Lipinski definition) is 4. The monoisotopic (exact) mass is 296 g/mol. The molecule has 114 valence electrons. The second kappa shape index (κ2) is 5.79. The molecule has 0 spiro atoms. The van der Waals surface area contributed by atoms with Gasteiger partial charge in [0.1, 0.15) is 11.4 Å². The van der Waals surface area contributed by atoms with Crippen LogP contribution in [0.1, 0.15) is 18.6 Å². The minimum absolute atomic E-state index is 0.0177. The van der Waals surface area contributed by atoms with E-state index in [1.54, 1.807) is 6.07 Å². The lowest BCUT2D eigenvalue weighted by molar-refractivity contribution is -0.133. The molecule has 1 saturated heterocycles. The Morgan fingerprint density at radius 1 is 1.43 bits per heavy atom. The van der Waals surface area contributed by atoms with Crippen LogP contribution >= 0.6 is 0 Å². The van der Waals surface area contributed by atoms with Crippen LogP contribution in [0.3, 0.4) is 0 Å². The number of carbonyl (C=O) groups excluding carboxylic acids is 2. The van der Waals surface area contributed by atoms with E-state index >= 15 is 0 Å². The van der Waals surface area contributed by atoms with Gasteiger partial charge in [-0.15, -0.1) is 0 Å². The number of halogens is 1. The molecular weight excluding hydrogens is 279 g/mol. The van der Waals surface area contributed by atoms with E-state index in [-0.39, 0.29) is 18.7 Å². The fourth-order valence-electron chi connectivity index (χ4n) is 2.32. The van der Waals surface area contributed by atoms with E-state index in [2.05, 4.69) is 5.32 Å². The predicted octanol–water partition coefficient (Wildman–Crippen LogP) is 0.816. The lowest BCUT2D eigenvalue weighted by Gasteiger charge is -2.21. The fourth-order valence-corrected chi connectivity index (χ4v) is 2.32. The summed E-state index contributed by atoms with van der Waals surface area (Å²) in [4.78, 5) is 25.0. The zero-order valence-corrected chi connectivity index (χ0v) is 11.8. The Balaban J connectivity index is 2.15. The summed E-state index contributed by atoms with van der Waals surface area (Å²) >= 11 is 0. The van der Waals surface area contributed by atoms with E-state index in [0.29, 0.717) is 0 Å². The number of aliphatic hydroxyl groups is 1. The van der Waals surface area contributed by atoms with Crippen molar-refractivity contribution in [2.24, 2.45) is 0 Å². The summed E-state index contributed by atoms with van der Waals surface area (Å²) in [6, 6.07) is 5.05. The van der Waals surface area contributed by atoms with Gasteiger partial charge in [-0.1, -0.05) is 18.2 Å². The van der Waals surface area contributed by atoms with Crippen LogP contribution in [0.25, 0.3) is 0 Å². The van der Waals surface area contributed by atoms with Crippen molar-refractivity contribution in [1.82, 2.24) is 10.2 Å². The molecule has 0 aromatic heterocycles. The smallest absolute Gasteiger partial charge is 0.325 e. The van der Waals surface area contributed by atoms with Crippen molar-refractivity contribution in [1.29, 1.82) is 0 Å². The van der Waals surface area contributed by atoms with Crippen molar-refractivity contribution >= 4 is 11.9 Å². The van der Waals surface area contributed by atoms with Crippen molar-refractivity contribution in [3.05, 3.63) is 35.6 Å². The molecule has 7 heteroatoms. The molecule has 1 aliphatic heterocycles. The quantitative estimate of drug-likeness (QED) is 0.788. The van der Waals surface area contributed by atoms with E-state index in [4.69, 9.17) is 4.74 Å². The Bertz CT molecular complexity index is 566. The predicted molar refractivity (Wildman–Crippen MR) is 71.9 cm³/mol. The normalized spacial score (nSPS) is 23.3. The van der Waals surface area contributed by atoms with Gasteiger partial charge in [0.25, 0.3) is 5.91 Å². The molecule has 0 aliphatic carbocycles. The number of rotatable bonds is 5. The zero-order valence-electron chi connectivity index (χ0n) is 11.8. The minimum Gasteiger partial charge on any atom is -0.386 e. The number of ether oxygens (including phenoxy) is 1. The molecule has 1 fully saturated rings. The number of imide groups is 1. The summed E-state index contributed by atoms with van der Waals surface area (Å²) < 4.78 is 18.5. The first-order chi connectivity index (χ1) is 9.89. The van der Waals surface area contributed by atoms with Crippen LogP contribution in [0.5, 0.6) is 0 Å². The highest BCUT2D eigenvalue weighted by atomic mass is 19.1. The molecule has 1 heterocycles. The number of methoxy groups -OCH3 is 1. The van der Waals surface area contributed by atoms with E-state index in [1.807, 2.05) is 0 Å². The molecular formula is C14H17FN2O4. The van der Waals surface area contributed by atoms with Gasteiger partial charge >= 0.3 is 6.03 Å². The van der Waals surface area contributed by atoms with Crippen LogP contribution in [0.15, 0.2) is 24.3 Å². The molecule has 1 aromatic rings. The molecule has 3 amide bonds. The van der Waals surface area contributed by atoms with Gasteiger partial charge in [-0.05, 0) is 13.0 Å². The van der Waals surface area contributed by atoms with Crippen molar-refractivity contribution < 1.29 is 23.8 Å². The molecule has 0 bridgehead atoms. The summed E-state index contributed by atoms with van der Waals surface area (Å²) in [6.45, 7) is 1.24. The van der Waals surface area contributed by atoms with Gasteiger partial charge in [0.2, 0.25) is 0 Å². The second-order valence-electron chi connectivity index (χ2n) is 5.15. The maximum Gasteiger partial charge on any atom is 0.325 e. The van der Waals surface area contributed by atoms with Gasteiger partial charge < -0.3 is 15.2 Å². The van der Waals surface area contributed by atoms with E-state index in [0.717, 1.165) is 4.90 Å². The van der Waals surface area contributed by atoms with Crippen molar-refractivity contribution in [2.75, 3.05) is 20.3 Å². The minimum atomic E-state index is -1.29. The fraction of sp³-hybridized carbons (Fsp3) is 0.429. The average molecular weight is 296 g/mol. The van der Waals surface area contributed by atoms with Crippen LogP contribution in [0.4, 0.5) is 9.18 Å². The van der Waals surface area contributed by atoms with Crippen LogP contribution < -0.4 is 5.32 Å². The maximum atomic E-state index is 13.6. The summed E-state index contributed by atoms with van der Waals surface area (Å²) in [6.07, 6.45) is -1.29. The van der Waals surface area contributed by atoms with Crippen molar-refractivity contribution in [3.63, 3.8) is 0 Å². The number of benzene rings is 1. The Morgan fingerprint density at radius 2 is 2.10 bits per heavy atom. The van der Waals surface area contributed by atoms with Crippen molar-refractivity contribution in [2.45, 2.75) is 18.6 Å². The number of nitrogens with zero attached hydrogens (tertiary/aromatic N) is 1. The lowest BCUT2D eigenvalue weighted by Crippen LogP contribution is -2.48. The molecule has 6 nitrogen and oxygen atoms in total. The number of urea groups is 1. The first kappa shape index (κ1) is 15.4. The Kier molecular flexibility index (Phi) is 4.24. The topological polar surface area (TPSA) is 78.9 Å². The molecule has 2 atom stereocenters. The molecule has 0 saturated carbocycles. The van der Waals surface area contributed by atoms with Gasteiger partial charge in [-0.3, -0.25) is 9.69 Å². The molecule has 2 N–H and O–H groups in total. The first-order valence-corrected chi connectivity index (χ1v) is 6.44. The van der Waals surface area contributed by atoms with Crippen LogP contribution in [-0.2, 0) is 9.53 Å². The first-order valence-electron chi connectivity index (χ1n) is 6.44. The lowest BCUT2D eigenvalue weighted by atomic mass is 10.0. The third-order valence-electron chi connectivity index (χ3n) is 3.40. The van der Waals surface area contributed by atoms with Crippen LogP contribution in [-0.4, -0.2) is 47.7 Å². The summed E-state index contributed by atoms with van der Waals surface area (Å²) in [5, 5.41) is 12.6. The highest BCUT2D eigenvalue weighted by Gasteiger charge is 2.48. The number of hydrogen-bond donors (Lipinski definition) is 2. The number of amides is 3. The maximum absolute atomic E-state index is 13.6. The molecule has 2 rings (SSSR count). The van der Waals surface area contributed by atoms with Gasteiger partial charge in [-0.2, -0.15) is 0 Å². The molecule has 1 aliphatic rings. The number of carbonyl (C=O) groups is 2. The number of aliphatic hydroxyl groups excluding tert-OH is 1. The van der Waals surface area contributed by atoms with Crippen LogP contribution in [0, 0.1) is 5.82 Å². The number of β-amino-alcohol motifs (C(OH)–C–C–N with tert-alkyl or cyclic N) is 1. The summed E-state index contributed by atoms with van der Waals surface area (Å²) in [5.41, 5.74) is -1.13. The van der Waals surface area contributed by atoms with Gasteiger partial charge in [0.15, 0.2) is 0 Å². The zero-order chi connectivity index (χ0) is 15.6. The third-order valence-corrected chi connectivity index (χ3v) is 3.40. The Labute approximate surface area is 121 Å². The highest BCUT2D eigenvalue weighted by molar-refractivity contribution is 6.06. The summed E-state index contributed by atoms with van der Waals surface area (Å²) in [7, 11) is 1.42. The third kappa shape index (κ3) is 2.88. The van der Waals surface area contributed by atoms with Crippen LogP contribution in [0.2, 0.25) is 0 Å². The SMILES string of the molecule is COC[C@@]1(C)NC(=O)N(C[C@H](O)c2ccccc2F)C1=O. The highest BCUT2D eigenvalue weighted by Crippen LogP contribution is 2.23. The standard InChI is InChI=1S/C14H17FN2O4/c1-14(8-21-2)12(19)17(13(20)16-14)7-11(18)9-5-3-4-6-10(9)15/h3-6,11,18H,7-8H2,1-2H3,(H,16,20)/t11-,14+/m0/s1. The largest absolute Gasteiger partial charge is 0.386 e. The molecule has 0 unspecified atom stereocenters. The Morgan fingerprint density at radius 3 is 2.71 bits per heavy atom. The second-order valence-corrected chi connectivity index (χ2v) is 5.15. The molecule has 1 aromatic carbocycles. The average Bonchev–Trinajstić information content (AvgIpc) is 2.63. The Hall–Kier alpha value is -1.99. The molecule has 0 radical (unpaired) electrons. The van der Waals surface area contributed by atoms with E-state index in [1.165, 1.54) is 32.2 Å². The summed E-state index contributed by atoms with van der Waals surface area (Å²) in [5.74, 6) is -1.10. The van der Waals surface area contributed by atoms with Gasteiger partial charge in [-0.25, -0.2) is 9.18 Å². The van der Waals surface area contributed by atoms with Gasteiger partial charge in [0, 0.05) is 12.7 Å². The van der Waals surface area contributed by atoms with E-state index < -0.39 is 29.4 Å². The van der Waals surface area contributed by atoms with Gasteiger partial charge in [0.05, 0.1) is 19.3 Å². The van der Waals surface area contributed by atoms with E-state index in [9.17, 15) is 19.1 Å². The molecule has 21 heavy (non-hydrogen) atoms. The number of nitrogens with one attached hydrogen (secondary N) is 1. The van der Waals surface area contributed by atoms with Crippen molar-refractivity contribution in [3.8, 4) is 0 Å².